The number of hydrogen-bond acceptors (Lipinski definition) is 7. The topological polar surface area (TPSA) is 75.6 Å². The maximum atomic E-state index is 12.3. The molecule has 3 rings (SSSR count). The third kappa shape index (κ3) is 3.72. The Morgan fingerprint density at radius 2 is 1.52 bits per heavy atom. The molecule has 140 valence electrons. The summed E-state index contributed by atoms with van der Waals surface area (Å²) < 4.78 is 26.4. The van der Waals surface area contributed by atoms with E-state index in [-0.39, 0.29) is 11.6 Å². The lowest BCUT2D eigenvalue weighted by molar-refractivity contribution is -0.129. The van der Waals surface area contributed by atoms with Crippen LogP contribution < -0.4 is 18.9 Å². The van der Waals surface area contributed by atoms with Gasteiger partial charge in [0, 0.05) is 11.6 Å². The van der Waals surface area contributed by atoms with Crippen LogP contribution in [0.3, 0.4) is 0 Å². The van der Waals surface area contributed by atoms with Crippen LogP contribution in [0.4, 0.5) is 0 Å². The van der Waals surface area contributed by atoms with Gasteiger partial charge in [0.05, 0.1) is 34.0 Å². The van der Waals surface area contributed by atoms with Crippen molar-refractivity contribution in [2.24, 2.45) is 4.99 Å². The van der Waals surface area contributed by atoms with E-state index in [9.17, 15) is 4.79 Å². The monoisotopic (exact) mass is 369 g/mol. The fraction of sp³-hybridized carbons (Fsp3) is 0.200. The molecule has 2 aromatic rings. The zero-order chi connectivity index (χ0) is 19.4. The highest BCUT2D eigenvalue weighted by Gasteiger charge is 2.27. The molecular weight excluding hydrogens is 350 g/mol. The number of rotatable bonds is 6. The molecule has 0 unspecified atom stereocenters. The van der Waals surface area contributed by atoms with Gasteiger partial charge in [0.25, 0.3) is 0 Å². The molecule has 0 radical (unpaired) electrons. The van der Waals surface area contributed by atoms with Crippen molar-refractivity contribution < 1.29 is 28.5 Å². The van der Waals surface area contributed by atoms with E-state index in [1.54, 1.807) is 63.8 Å². The Balaban J connectivity index is 2.01. The van der Waals surface area contributed by atoms with Crippen LogP contribution in [0.2, 0.25) is 0 Å². The van der Waals surface area contributed by atoms with Crippen molar-refractivity contribution in [3.8, 4) is 23.0 Å². The molecule has 7 heteroatoms. The van der Waals surface area contributed by atoms with E-state index < -0.39 is 5.97 Å². The average molecular weight is 369 g/mol. The predicted octanol–water partition coefficient (Wildman–Crippen LogP) is 3.07. The van der Waals surface area contributed by atoms with Crippen molar-refractivity contribution in [2.75, 3.05) is 28.4 Å². The van der Waals surface area contributed by atoms with Crippen LogP contribution in [0.1, 0.15) is 11.1 Å². The molecule has 1 aliphatic rings. The molecule has 0 saturated carbocycles. The first-order chi connectivity index (χ1) is 13.1. The van der Waals surface area contributed by atoms with E-state index in [0.717, 1.165) is 0 Å². The van der Waals surface area contributed by atoms with E-state index >= 15 is 0 Å². The molecule has 0 aliphatic carbocycles. The Morgan fingerprint density at radius 3 is 2.19 bits per heavy atom. The van der Waals surface area contributed by atoms with Crippen molar-refractivity contribution in [1.29, 1.82) is 0 Å². The Morgan fingerprint density at radius 1 is 0.852 bits per heavy atom. The van der Waals surface area contributed by atoms with E-state index in [1.165, 1.54) is 7.11 Å². The zero-order valence-corrected chi connectivity index (χ0v) is 15.4. The molecule has 1 aliphatic heterocycles. The fourth-order valence-electron chi connectivity index (χ4n) is 2.59. The van der Waals surface area contributed by atoms with E-state index in [2.05, 4.69) is 4.99 Å². The summed E-state index contributed by atoms with van der Waals surface area (Å²) in [6, 6.07) is 10.4. The number of benzene rings is 2. The molecule has 0 atom stereocenters. The molecule has 2 aromatic carbocycles. The summed E-state index contributed by atoms with van der Waals surface area (Å²) in [6.45, 7) is 0. The standard InChI is InChI=1S/C20H19NO6/c1-23-13-7-8-17(25-3)15(10-13)19-21-16(20(22)27-19)9-12-5-6-14(24-2)11-18(12)26-4/h5-11H,1-4H3/b16-9-. The summed E-state index contributed by atoms with van der Waals surface area (Å²) in [6.07, 6.45) is 1.60. The Kier molecular flexibility index (Phi) is 5.30. The zero-order valence-electron chi connectivity index (χ0n) is 15.4. The van der Waals surface area contributed by atoms with Gasteiger partial charge in [-0.2, -0.15) is 0 Å². The smallest absolute Gasteiger partial charge is 0.363 e. The molecule has 0 fully saturated rings. The molecule has 0 amide bonds. The first-order valence-corrected chi connectivity index (χ1v) is 8.06. The summed E-state index contributed by atoms with van der Waals surface area (Å²) in [4.78, 5) is 16.6. The summed E-state index contributed by atoms with van der Waals surface area (Å²) in [5, 5.41) is 0. The molecule has 0 bridgehead atoms. The summed E-state index contributed by atoms with van der Waals surface area (Å²) >= 11 is 0. The van der Waals surface area contributed by atoms with Gasteiger partial charge in [-0.3, -0.25) is 0 Å². The molecule has 1 heterocycles. The van der Waals surface area contributed by atoms with E-state index in [1.807, 2.05) is 0 Å². The number of nitrogens with zero attached hydrogens (tertiary/aromatic N) is 1. The number of cyclic esters (lactones) is 1. The second-order valence-corrected chi connectivity index (χ2v) is 5.51. The summed E-state index contributed by atoms with van der Waals surface area (Å²) in [5.41, 5.74) is 1.35. The van der Waals surface area contributed by atoms with Crippen LogP contribution in [-0.4, -0.2) is 40.3 Å². The Labute approximate surface area is 156 Å². The van der Waals surface area contributed by atoms with Gasteiger partial charge in [0.1, 0.15) is 23.0 Å². The molecule has 0 spiro atoms. The first-order valence-electron chi connectivity index (χ1n) is 8.06. The summed E-state index contributed by atoms with van der Waals surface area (Å²) in [5.74, 6) is 1.90. The largest absolute Gasteiger partial charge is 0.497 e. The number of aliphatic imine (C=N–C) groups is 1. The second kappa shape index (κ2) is 7.82. The maximum absolute atomic E-state index is 12.3. The Bertz CT molecular complexity index is 932. The SMILES string of the molecule is COc1ccc(/C=C2\N=C(c3cc(OC)ccc3OC)OC2=O)c(OC)c1. The van der Waals surface area contributed by atoms with Gasteiger partial charge in [-0.05, 0) is 36.4 Å². The molecular formula is C20H19NO6. The lowest BCUT2D eigenvalue weighted by atomic mass is 10.1. The second-order valence-electron chi connectivity index (χ2n) is 5.51. The highest BCUT2D eigenvalue weighted by Crippen LogP contribution is 2.31. The number of ether oxygens (including phenoxy) is 5. The van der Waals surface area contributed by atoms with Gasteiger partial charge in [0.2, 0.25) is 5.90 Å². The van der Waals surface area contributed by atoms with Crippen LogP contribution >= 0.6 is 0 Å². The van der Waals surface area contributed by atoms with Crippen molar-refractivity contribution in [3.05, 3.63) is 53.2 Å². The maximum Gasteiger partial charge on any atom is 0.363 e. The van der Waals surface area contributed by atoms with Crippen molar-refractivity contribution in [3.63, 3.8) is 0 Å². The third-order valence-corrected chi connectivity index (χ3v) is 3.99. The normalized spacial score (nSPS) is 14.6. The average Bonchev–Trinajstić information content (AvgIpc) is 3.07. The fourth-order valence-corrected chi connectivity index (χ4v) is 2.59. The molecule has 0 N–H and O–H groups in total. The van der Waals surface area contributed by atoms with Crippen molar-refractivity contribution in [1.82, 2.24) is 0 Å². The minimum atomic E-state index is -0.562. The van der Waals surface area contributed by atoms with Gasteiger partial charge < -0.3 is 23.7 Å². The summed E-state index contributed by atoms with van der Waals surface area (Å²) in [7, 11) is 6.19. The molecule has 0 saturated heterocycles. The highest BCUT2D eigenvalue weighted by atomic mass is 16.6. The van der Waals surface area contributed by atoms with Gasteiger partial charge in [0.15, 0.2) is 5.70 Å². The minimum Gasteiger partial charge on any atom is -0.497 e. The van der Waals surface area contributed by atoms with Gasteiger partial charge in [-0.15, -0.1) is 0 Å². The quantitative estimate of drug-likeness (QED) is 0.575. The highest BCUT2D eigenvalue weighted by molar-refractivity contribution is 6.14. The minimum absolute atomic E-state index is 0.148. The number of hydrogen-bond donors (Lipinski definition) is 0. The van der Waals surface area contributed by atoms with E-state index in [4.69, 9.17) is 23.7 Å². The first kappa shape index (κ1) is 18.3. The van der Waals surface area contributed by atoms with Gasteiger partial charge in [-0.1, -0.05) is 0 Å². The number of carbonyl (C=O) groups is 1. The Hall–Kier alpha value is -3.48. The number of carbonyl (C=O) groups excluding carboxylic acids is 1. The van der Waals surface area contributed by atoms with Crippen LogP contribution in [0.25, 0.3) is 6.08 Å². The predicted molar refractivity (Wildman–Crippen MR) is 99.7 cm³/mol. The molecule has 0 aromatic heterocycles. The van der Waals surface area contributed by atoms with Crippen molar-refractivity contribution >= 4 is 17.9 Å². The van der Waals surface area contributed by atoms with E-state index in [0.29, 0.717) is 34.1 Å². The van der Waals surface area contributed by atoms with Crippen LogP contribution in [0.15, 0.2) is 47.1 Å². The number of methoxy groups -OCH3 is 4. The molecule has 7 nitrogen and oxygen atoms in total. The van der Waals surface area contributed by atoms with Crippen LogP contribution in [-0.2, 0) is 9.53 Å². The third-order valence-electron chi connectivity index (χ3n) is 3.99. The van der Waals surface area contributed by atoms with Gasteiger partial charge in [-0.25, -0.2) is 9.79 Å². The lowest BCUT2D eigenvalue weighted by Gasteiger charge is -2.08. The van der Waals surface area contributed by atoms with Crippen LogP contribution in [0, 0.1) is 0 Å². The van der Waals surface area contributed by atoms with Crippen molar-refractivity contribution in [2.45, 2.75) is 0 Å². The lowest BCUT2D eigenvalue weighted by Crippen LogP contribution is -2.07. The van der Waals surface area contributed by atoms with Gasteiger partial charge >= 0.3 is 5.97 Å². The van der Waals surface area contributed by atoms with Crippen LogP contribution in [0.5, 0.6) is 23.0 Å². The number of esters is 1. The molecule has 27 heavy (non-hydrogen) atoms.